The lowest BCUT2D eigenvalue weighted by Gasteiger charge is -2.13. The Morgan fingerprint density at radius 3 is 2.50 bits per heavy atom. The number of primary sulfonamides is 1. The molecule has 2 aromatic carbocycles. The van der Waals surface area contributed by atoms with Crippen molar-refractivity contribution >= 4 is 40.0 Å². The van der Waals surface area contributed by atoms with Crippen LogP contribution in [0.1, 0.15) is 5.56 Å². The van der Waals surface area contributed by atoms with Crippen LogP contribution in [0.15, 0.2) is 64.5 Å². The second-order valence-electron chi connectivity index (χ2n) is 5.21. The molecular weight excluding hydrogens is 467 g/mol. The lowest BCUT2D eigenvalue weighted by molar-refractivity contribution is 0.322. The van der Waals surface area contributed by atoms with Crippen LogP contribution < -0.4 is 20.5 Å². The second-order valence-corrected chi connectivity index (χ2v) is 6.77. The molecule has 7 nitrogen and oxygen atoms in total. The minimum atomic E-state index is -3.70. The molecule has 0 unspecified atom stereocenters. The largest absolute Gasteiger partial charge is 0.492 e. The maximum atomic E-state index is 11.4. The Labute approximate surface area is 171 Å². The number of nitrogens with two attached hydrogens (primary N) is 1. The zero-order valence-corrected chi connectivity index (χ0v) is 17.5. The van der Waals surface area contributed by atoms with Gasteiger partial charge in [0.2, 0.25) is 10.0 Å². The minimum Gasteiger partial charge on any atom is -0.492 e. The van der Waals surface area contributed by atoms with Crippen molar-refractivity contribution in [2.24, 2.45) is 10.1 Å². The highest BCUT2D eigenvalue weighted by Gasteiger charge is 2.08. The summed E-state index contributed by atoms with van der Waals surface area (Å²) in [5, 5.41) is 11.4. The molecule has 0 aliphatic rings. The Morgan fingerprint density at radius 2 is 1.85 bits per heavy atom. The van der Waals surface area contributed by atoms with Gasteiger partial charge in [0, 0.05) is 13.6 Å². The number of guanidine groups is 1. The third kappa shape index (κ3) is 7.58. The summed E-state index contributed by atoms with van der Waals surface area (Å²) in [5.74, 6) is 1.41. The van der Waals surface area contributed by atoms with Crippen LogP contribution >= 0.6 is 24.0 Å². The standard InChI is InChI=1S/C17H22N4O3S.HI/c1-19-17(20-10-11-24-15-7-3-2-4-8-15)21-13-14-6-5-9-16(12-14)25(18,22)23;/h2-9,12H,10-11,13H2,1H3,(H2,18,22,23)(H2,19,20,21);1H. The van der Waals surface area contributed by atoms with Crippen LogP contribution in [0.25, 0.3) is 0 Å². The first-order valence-electron chi connectivity index (χ1n) is 7.73. The smallest absolute Gasteiger partial charge is 0.238 e. The highest BCUT2D eigenvalue weighted by atomic mass is 127. The molecule has 0 aromatic heterocycles. The average molecular weight is 490 g/mol. The Bertz CT molecular complexity index is 814. The highest BCUT2D eigenvalue weighted by molar-refractivity contribution is 14.0. The van der Waals surface area contributed by atoms with E-state index in [2.05, 4.69) is 15.6 Å². The number of halogens is 1. The maximum absolute atomic E-state index is 11.4. The lowest BCUT2D eigenvalue weighted by atomic mass is 10.2. The van der Waals surface area contributed by atoms with Gasteiger partial charge in [0.05, 0.1) is 11.4 Å². The lowest BCUT2D eigenvalue weighted by Crippen LogP contribution is -2.38. The normalized spacial score (nSPS) is 11.4. The molecular formula is C17H23IN4O3S. The van der Waals surface area contributed by atoms with E-state index in [1.807, 2.05) is 36.4 Å². The fourth-order valence-corrected chi connectivity index (χ4v) is 2.68. The summed E-state index contributed by atoms with van der Waals surface area (Å²) in [6.45, 7) is 1.49. The molecule has 142 valence electrons. The van der Waals surface area contributed by atoms with Crippen LogP contribution in [0, 0.1) is 0 Å². The predicted molar refractivity (Wildman–Crippen MR) is 113 cm³/mol. The number of sulfonamides is 1. The van der Waals surface area contributed by atoms with Crippen LogP contribution in [0.3, 0.4) is 0 Å². The van der Waals surface area contributed by atoms with Crippen molar-refractivity contribution in [3.63, 3.8) is 0 Å². The molecule has 0 aliphatic carbocycles. The first-order chi connectivity index (χ1) is 12.0. The first kappa shape index (κ1) is 22.2. The molecule has 0 bridgehead atoms. The van der Waals surface area contributed by atoms with Gasteiger partial charge in [-0.05, 0) is 29.8 Å². The fourth-order valence-electron chi connectivity index (χ4n) is 2.09. The fraction of sp³-hybridized carbons (Fsp3) is 0.235. The third-order valence-corrected chi connectivity index (χ3v) is 4.23. The van der Waals surface area contributed by atoms with Gasteiger partial charge < -0.3 is 15.4 Å². The molecule has 0 aliphatic heterocycles. The molecule has 0 fully saturated rings. The van der Waals surface area contributed by atoms with E-state index in [-0.39, 0.29) is 28.9 Å². The van der Waals surface area contributed by atoms with Gasteiger partial charge in [0.1, 0.15) is 12.4 Å². The SMILES string of the molecule is CN=C(NCCOc1ccccc1)NCc1cccc(S(N)(=O)=O)c1.I. The Balaban J connectivity index is 0.00000338. The van der Waals surface area contributed by atoms with Crippen molar-refractivity contribution in [1.82, 2.24) is 10.6 Å². The van der Waals surface area contributed by atoms with E-state index in [0.717, 1.165) is 11.3 Å². The molecule has 0 saturated carbocycles. The van der Waals surface area contributed by atoms with E-state index in [9.17, 15) is 8.42 Å². The summed E-state index contributed by atoms with van der Waals surface area (Å²) in [5.41, 5.74) is 0.787. The van der Waals surface area contributed by atoms with Crippen molar-refractivity contribution in [1.29, 1.82) is 0 Å². The number of aliphatic imine (C=N–C) groups is 1. The summed E-state index contributed by atoms with van der Waals surface area (Å²) in [4.78, 5) is 4.20. The number of hydrogen-bond donors (Lipinski definition) is 3. The summed E-state index contributed by atoms with van der Waals surface area (Å²) >= 11 is 0. The number of benzene rings is 2. The van der Waals surface area contributed by atoms with Gasteiger partial charge >= 0.3 is 0 Å². The molecule has 0 saturated heterocycles. The van der Waals surface area contributed by atoms with Crippen molar-refractivity contribution in [2.75, 3.05) is 20.2 Å². The summed E-state index contributed by atoms with van der Waals surface area (Å²) in [6, 6.07) is 16.0. The molecule has 0 atom stereocenters. The topological polar surface area (TPSA) is 106 Å². The maximum Gasteiger partial charge on any atom is 0.238 e. The summed E-state index contributed by atoms with van der Waals surface area (Å²) < 4.78 is 28.3. The highest BCUT2D eigenvalue weighted by Crippen LogP contribution is 2.09. The quantitative estimate of drug-likeness (QED) is 0.237. The molecule has 0 radical (unpaired) electrons. The number of para-hydroxylation sites is 1. The number of ether oxygens (including phenoxy) is 1. The number of rotatable bonds is 7. The number of nitrogens with zero attached hydrogens (tertiary/aromatic N) is 1. The molecule has 0 heterocycles. The number of hydrogen-bond acceptors (Lipinski definition) is 4. The zero-order valence-electron chi connectivity index (χ0n) is 14.4. The monoisotopic (exact) mass is 490 g/mol. The van der Waals surface area contributed by atoms with Gasteiger partial charge in [-0.15, -0.1) is 24.0 Å². The van der Waals surface area contributed by atoms with Crippen LogP contribution in [0.5, 0.6) is 5.75 Å². The molecule has 0 amide bonds. The molecule has 0 spiro atoms. The van der Waals surface area contributed by atoms with Crippen LogP contribution in [-0.4, -0.2) is 34.6 Å². The van der Waals surface area contributed by atoms with Gasteiger partial charge in [-0.1, -0.05) is 30.3 Å². The van der Waals surface area contributed by atoms with Crippen molar-refractivity contribution < 1.29 is 13.2 Å². The van der Waals surface area contributed by atoms with Crippen LogP contribution in [0.2, 0.25) is 0 Å². The molecule has 9 heteroatoms. The van der Waals surface area contributed by atoms with Gasteiger partial charge in [-0.2, -0.15) is 0 Å². The van der Waals surface area contributed by atoms with E-state index in [0.29, 0.717) is 25.7 Å². The van der Waals surface area contributed by atoms with Gasteiger partial charge in [-0.25, -0.2) is 13.6 Å². The third-order valence-electron chi connectivity index (χ3n) is 3.32. The van der Waals surface area contributed by atoms with Gasteiger partial charge in [0.15, 0.2) is 5.96 Å². The Morgan fingerprint density at radius 1 is 1.12 bits per heavy atom. The van der Waals surface area contributed by atoms with E-state index in [1.165, 1.54) is 12.1 Å². The average Bonchev–Trinajstić information content (AvgIpc) is 2.61. The van der Waals surface area contributed by atoms with Crippen LogP contribution in [-0.2, 0) is 16.6 Å². The van der Waals surface area contributed by atoms with Crippen molar-refractivity contribution in [3.8, 4) is 5.75 Å². The Kier molecular flexibility index (Phi) is 9.38. The second kappa shape index (κ2) is 11.0. The molecule has 2 aromatic rings. The summed E-state index contributed by atoms with van der Waals surface area (Å²) in [6.07, 6.45) is 0. The summed E-state index contributed by atoms with van der Waals surface area (Å²) in [7, 11) is -2.04. The minimum absolute atomic E-state index is 0. The van der Waals surface area contributed by atoms with Gasteiger partial charge in [0.25, 0.3) is 0 Å². The van der Waals surface area contributed by atoms with Crippen molar-refractivity contribution in [3.05, 3.63) is 60.2 Å². The molecule has 26 heavy (non-hydrogen) atoms. The van der Waals surface area contributed by atoms with Gasteiger partial charge in [-0.3, -0.25) is 4.99 Å². The van der Waals surface area contributed by atoms with E-state index < -0.39 is 10.0 Å². The van der Waals surface area contributed by atoms with Crippen molar-refractivity contribution in [2.45, 2.75) is 11.4 Å². The van der Waals surface area contributed by atoms with E-state index in [1.54, 1.807) is 13.1 Å². The number of nitrogens with one attached hydrogen (secondary N) is 2. The zero-order chi connectivity index (χ0) is 18.1. The molecule has 2 rings (SSSR count). The van der Waals surface area contributed by atoms with E-state index >= 15 is 0 Å². The molecule has 4 N–H and O–H groups in total. The predicted octanol–water partition coefficient (Wildman–Crippen LogP) is 1.70. The first-order valence-corrected chi connectivity index (χ1v) is 9.28. The Hall–Kier alpha value is -1.85. The van der Waals surface area contributed by atoms with E-state index in [4.69, 9.17) is 9.88 Å². The van der Waals surface area contributed by atoms with Crippen LogP contribution in [0.4, 0.5) is 0 Å².